The van der Waals surface area contributed by atoms with Gasteiger partial charge in [-0.15, -0.1) is 5.10 Å². The first-order chi connectivity index (χ1) is 20.9. The van der Waals surface area contributed by atoms with Gasteiger partial charge in [-0.25, -0.2) is 0 Å². The summed E-state index contributed by atoms with van der Waals surface area (Å²) >= 11 is 4.68. The molecule has 1 N–H and O–H groups in total. The summed E-state index contributed by atoms with van der Waals surface area (Å²) in [5, 5.41) is 11.8. The van der Waals surface area contributed by atoms with E-state index in [1.165, 1.54) is 16.7 Å². The molecule has 2 amide bonds. The fourth-order valence-electron chi connectivity index (χ4n) is 4.00. The number of thioether (sulfide) groups is 1. The predicted octanol–water partition coefficient (Wildman–Crippen LogP) is 6.88. The van der Waals surface area contributed by atoms with Crippen molar-refractivity contribution in [2.24, 2.45) is 10.2 Å². The molecule has 1 fully saturated rings. The molecule has 2 heterocycles. The lowest BCUT2D eigenvalue weighted by Crippen LogP contribution is -2.28. The van der Waals surface area contributed by atoms with Gasteiger partial charge in [0.15, 0.2) is 11.8 Å². The highest BCUT2D eigenvalue weighted by Gasteiger charge is 2.34. The molecule has 5 rings (SSSR count). The van der Waals surface area contributed by atoms with E-state index < -0.39 is 0 Å². The third kappa shape index (κ3) is 8.02. The molecule has 0 unspecified atom stereocenters. The van der Waals surface area contributed by atoms with Gasteiger partial charge in [-0.05, 0) is 97.1 Å². The van der Waals surface area contributed by atoms with E-state index in [9.17, 15) is 9.59 Å². The van der Waals surface area contributed by atoms with Crippen LogP contribution in [0.25, 0.3) is 6.08 Å². The van der Waals surface area contributed by atoms with E-state index in [0.717, 1.165) is 21.3 Å². The van der Waals surface area contributed by atoms with Crippen LogP contribution >= 0.6 is 27.7 Å². The lowest BCUT2D eigenvalue weighted by molar-refractivity contribution is -0.122. The number of methoxy groups -OCH3 is 1. The molecule has 0 atom stereocenters. The number of benzene rings is 3. The van der Waals surface area contributed by atoms with Gasteiger partial charge in [0.1, 0.15) is 17.3 Å². The highest BCUT2D eigenvalue weighted by Crippen LogP contribution is 2.36. The number of aryl methyl sites for hydroxylation is 1. The van der Waals surface area contributed by atoms with Crippen molar-refractivity contribution in [1.29, 1.82) is 0 Å². The van der Waals surface area contributed by atoms with Gasteiger partial charge < -0.3 is 19.2 Å². The Labute approximate surface area is 261 Å². The van der Waals surface area contributed by atoms with E-state index >= 15 is 0 Å². The number of anilines is 1. The van der Waals surface area contributed by atoms with Crippen LogP contribution in [0, 0.1) is 6.92 Å². The maximum atomic E-state index is 13.6. The average Bonchev–Trinajstić information content (AvgIpc) is 3.63. The van der Waals surface area contributed by atoms with E-state index in [4.69, 9.17) is 13.9 Å². The van der Waals surface area contributed by atoms with Crippen molar-refractivity contribution in [2.75, 3.05) is 19.0 Å². The normalized spacial score (nSPS) is 15.0. The number of amidine groups is 1. The Kier molecular flexibility index (Phi) is 9.75. The van der Waals surface area contributed by atoms with Crippen molar-refractivity contribution in [3.8, 4) is 11.5 Å². The Hall–Kier alpha value is -4.61. The largest absolute Gasteiger partial charge is 0.497 e. The van der Waals surface area contributed by atoms with E-state index in [2.05, 4.69) is 31.4 Å². The summed E-state index contributed by atoms with van der Waals surface area (Å²) in [7, 11) is 1.61. The number of carbonyl (C=O) groups excluding carboxylic acids is 2. The highest BCUT2D eigenvalue weighted by atomic mass is 79.9. The summed E-state index contributed by atoms with van der Waals surface area (Å²) in [5.41, 5.74) is 3.23. The highest BCUT2D eigenvalue weighted by molar-refractivity contribution is 9.10. The molecular formula is C32H27BrN4O5S. The molecule has 0 spiro atoms. The van der Waals surface area contributed by atoms with Gasteiger partial charge >= 0.3 is 0 Å². The van der Waals surface area contributed by atoms with Crippen LogP contribution in [0.1, 0.15) is 22.5 Å². The fourth-order valence-corrected chi connectivity index (χ4v) is 5.30. The molecule has 1 aromatic heterocycles. The van der Waals surface area contributed by atoms with Crippen molar-refractivity contribution in [3.63, 3.8) is 0 Å². The number of nitrogens with zero attached hydrogens (tertiary/aromatic N) is 3. The number of rotatable bonds is 10. The third-order valence-electron chi connectivity index (χ3n) is 6.20. The van der Waals surface area contributed by atoms with E-state index in [0.29, 0.717) is 32.8 Å². The van der Waals surface area contributed by atoms with Crippen LogP contribution in [-0.4, -0.2) is 41.8 Å². The smallest absolute Gasteiger partial charge is 0.267 e. The molecule has 11 heteroatoms. The number of ether oxygens (including phenoxy) is 2. The number of hydrogen-bond acceptors (Lipinski definition) is 8. The first kappa shape index (κ1) is 29.9. The standard InChI is InChI=1S/C32H27BrN4O5S/c1-21-5-10-25(11-6-21)35-30(38)20-42-28-14-9-24(33)16-23(28)17-29-31(39)37(19-27-4-3-15-41-27)32(43-29)36-34-18-22-7-12-26(40-2)13-8-22/h3-18H,19-20H2,1-2H3,(H,35,38)/b29-17-,34-18+,36-32-. The first-order valence-corrected chi connectivity index (χ1v) is 14.8. The number of amides is 2. The molecule has 0 saturated carbocycles. The second kappa shape index (κ2) is 14.0. The zero-order valence-corrected chi connectivity index (χ0v) is 25.7. The second-order valence-corrected chi connectivity index (χ2v) is 11.3. The summed E-state index contributed by atoms with van der Waals surface area (Å²) < 4.78 is 17.3. The van der Waals surface area contributed by atoms with Crippen LogP contribution in [0.3, 0.4) is 0 Å². The van der Waals surface area contributed by atoms with Crippen LogP contribution in [0.4, 0.5) is 5.69 Å². The molecule has 9 nitrogen and oxygen atoms in total. The Morgan fingerprint density at radius 3 is 2.60 bits per heavy atom. The molecule has 3 aromatic carbocycles. The minimum Gasteiger partial charge on any atom is -0.497 e. The molecule has 0 bridgehead atoms. The molecule has 1 aliphatic rings. The van der Waals surface area contributed by atoms with Crippen LogP contribution in [0.15, 0.2) is 109 Å². The topological polar surface area (TPSA) is 106 Å². The van der Waals surface area contributed by atoms with Crippen LogP contribution < -0.4 is 14.8 Å². The van der Waals surface area contributed by atoms with Gasteiger partial charge in [0.25, 0.3) is 11.8 Å². The lowest BCUT2D eigenvalue weighted by Gasteiger charge is -2.13. The quantitative estimate of drug-likeness (QED) is 0.113. The summed E-state index contributed by atoms with van der Waals surface area (Å²) in [6.07, 6.45) is 4.88. The number of carbonyl (C=O) groups is 2. The van der Waals surface area contributed by atoms with Gasteiger partial charge in [0.2, 0.25) is 0 Å². The minimum atomic E-state index is -0.301. The van der Waals surface area contributed by atoms with Gasteiger partial charge in [-0.2, -0.15) is 5.10 Å². The maximum Gasteiger partial charge on any atom is 0.267 e. The molecule has 43 heavy (non-hydrogen) atoms. The van der Waals surface area contributed by atoms with Crippen molar-refractivity contribution in [2.45, 2.75) is 13.5 Å². The third-order valence-corrected chi connectivity index (χ3v) is 7.69. The van der Waals surface area contributed by atoms with E-state index in [1.54, 1.807) is 43.9 Å². The Morgan fingerprint density at radius 2 is 1.88 bits per heavy atom. The number of furan rings is 1. The summed E-state index contributed by atoms with van der Waals surface area (Å²) in [5.74, 6) is 1.23. The minimum absolute atomic E-state index is 0.189. The fraction of sp³-hybridized carbons (Fsp3) is 0.125. The van der Waals surface area contributed by atoms with Crippen LogP contribution in [0.2, 0.25) is 0 Å². The molecule has 4 aromatic rings. The zero-order valence-electron chi connectivity index (χ0n) is 23.3. The lowest BCUT2D eigenvalue weighted by atomic mass is 10.2. The Bertz CT molecular complexity index is 1680. The first-order valence-electron chi connectivity index (χ1n) is 13.2. The second-order valence-electron chi connectivity index (χ2n) is 9.37. The summed E-state index contributed by atoms with van der Waals surface area (Å²) in [6.45, 7) is 1.96. The predicted molar refractivity (Wildman–Crippen MR) is 172 cm³/mol. The van der Waals surface area contributed by atoms with Crippen LogP contribution in [0.5, 0.6) is 11.5 Å². The van der Waals surface area contributed by atoms with E-state index in [-0.39, 0.29) is 25.0 Å². The monoisotopic (exact) mass is 658 g/mol. The van der Waals surface area contributed by atoms with Crippen molar-refractivity contribution in [3.05, 3.63) is 117 Å². The zero-order chi connectivity index (χ0) is 30.2. The summed E-state index contributed by atoms with van der Waals surface area (Å²) in [4.78, 5) is 28.0. The van der Waals surface area contributed by atoms with Crippen LogP contribution in [-0.2, 0) is 16.1 Å². The van der Waals surface area contributed by atoms with Crippen molar-refractivity contribution in [1.82, 2.24) is 4.90 Å². The molecule has 1 saturated heterocycles. The van der Waals surface area contributed by atoms with Gasteiger partial charge in [0, 0.05) is 15.7 Å². The Balaban J connectivity index is 1.36. The molecule has 0 radical (unpaired) electrons. The summed E-state index contributed by atoms with van der Waals surface area (Å²) in [6, 6.07) is 23.8. The van der Waals surface area contributed by atoms with E-state index in [1.807, 2.05) is 67.6 Å². The van der Waals surface area contributed by atoms with Gasteiger partial charge in [-0.3, -0.25) is 14.5 Å². The maximum absolute atomic E-state index is 13.6. The Morgan fingerprint density at radius 1 is 1.09 bits per heavy atom. The SMILES string of the molecule is COc1ccc(/C=N/N=C2\S/C(=C\c3cc(Br)ccc3OCC(=O)Nc3ccc(C)cc3)C(=O)N2Cc2ccco2)cc1. The molecule has 218 valence electrons. The average molecular weight is 660 g/mol. The number of nitrogens with one attached hydrogen (secondary N) is 1. The van der Waals surface area contributed by atoms with Crippen molar-refractivity contribution < 1.29 is 23.5 Å². The molecule has 0 aliphatic carbocycles. The number of hydrogen-bond donors (Lipinski definition) is 1. The molecular weight excluding hydrogens is 632 g/mol. The number of halogens is 1. The van der Waals surface area contributed by atoms with Gasteiger partial charge in [-0.1, -0.05) is 33.6 Å². The molecule has 1 aliphatic heterocycles. The van der Waals surface area contributed by atoms with Gasteiger partial charge in [0.05, 0.1) is 31.0 Å². The van der Waals surface area contributed by atoms with Crippen molar-refractivity contribution >= 4 is 62.7 Å².